The maximum Gasteiger partial charge on any atom is 1.00 e. The van der Waals surface area contributed by atoms with E-state index >= 15 is 0 Å². The van der Waals surface area contributed by atoms with Crippen molar-refractivity contribution in [3.8, 4) is 11.5 Å². The molecule has 30 heteroatoms. The van der Waals surface area contributed by atoms with Crippen molar-refractivity contribution in [2.24, 2.45) is 40.9 Å². The molecular formula is C40H26N8Na4O14S4. The zero-order valence-electron chi connectivity index (χ0n) is 37.4. The largest absolute Gasteiger partial charge is 1.00 e. The molecule has 7 aromatic rings. The van der Waals surface area contributed by atoms with Crippen LogP contribution in [0.5, 0.6) is 11.5 Å². The molecule has 0 fully saturated rings. The van der Waals surface area contributed by atoms with Crippen LogP contribution in [-0.4, -0.2) is 36.2 Å². The SMILES string of the molecule is Cc1cc(N=Nc2c(SOO[O-])cc3cc(N=Nc4ccc(O)cc4)ccc3c2O)ccc1N=Nc1ccc(N=Nc2cc3c(S(=O)(=O)[O-])cc(SOO[O-])cc3cc2S(=O)(=O)[O-])c(C)c1.[Na+].[Na+].[Na+].[Na+]. The van der Waals surface area contributed by atoms with Gasteiger partial charge in [0.2, 0.25) is 0 Å². The minimum atomic E-state index is -5.23. The molecule has 338 valence electrons. The van der Waals surface area contributed by atoms with Gasteiger partial charge in [-0.05, 0) is 145 Å². The molecule has 0 saturated heterocycles. The second kappa shape index (κ2) is 27.6. The molecule has 0 heterocycles. The molecule has 0 spiro atoms. The summed E-state index contributed by atoms with van der Waals surface area (Å²) in [5.74, 6) is -0.182. The molecule has 7 rings (SSSR count). The number of aromatic hydroxyl groups is 2. The van der Waals surface area contributed by atoms with Crippen LogP contribution in [0.4, 0.5) is 45.5 Å². The van der Waals surface area contributed by atoms with E-state index in [2.05, 4.69) is 59.7 Å². The molecule has 22 nitrogen and oxygen atoms in total. The Bertz CT molecular complexity index is 3380. The number of azo groups is 4. The van der Waals surface area contributed by atoms with Gasteiger partial charge >= 0.3 is 118 Å². The summed E-state index contributed by atoms with van der Waals surface area (Å²) < 4.78 is 81.8. The second-order valence-electron chi connectivity index (χ2n) is 13.5. The van der Waals surface area contributed by atoms with Crippen molar-refractivity contribution in [2.75, 3.05) is 0 Å². The van der Waals surface area contributed by atoms with Crippen LogP contribution >= 0.6 is 24.1 Å². The minimum Gasteiger partial charge on any atom is -0.744 e. The molecular weight excluding hydrogens is 1040 g/mol. The molecule has 0 amide bonds. The van der Waals surface area contributed by atoms with Gasteiger partial charge in [0.1, 0.15) is 37.4 Å². The number of benzene rings is 7. The van der Waals surface area contributed by atoms with Crippen molar-refractivity contribution < 1.29 is 184 Å². The zero-order chi connectivity index (χ0) is 47.2. The van der Waals surface area contributed by atoms with Crippen molar-refractivity contribution >= 4 is 111 Å². The van der Waals surface area contributed by atoms with Crippen LogP contribution in [0, 0.1) is 13.8 Å². The normalized spacial score (nSPS) is 11.9. The molecule has 0 unspecified atom stereocenters. The average Bonchev–Trinajstić information content (AvgIpc) is 3.27. The van der Waals surface area contributed by atoms with E-state index in [9.17, 15) is 46.7 Å². The van der Waals surface area contributed by atoms with Gasteiger partial charge in [0.05, 0.1) is 72.9 Å². The van der Waals surface area contributed by atoms with E-state index in [0.29, 0.717) is 62.4 Å². The maximum atomic E-state index is 12.2. The third kappa shape index (κ3) is 15.9. The first-order chi connectivity index (χ1) is 31.5. The summed E-state index contributed by atoms with van der Waals surface area (Å²) in [6.45, 7) is 3.39. The van der Waals surface area contributed by atoms with Crippen molar-refractivity contribution in [1.29, 1.82) is 0 Å². The monoisotopic (exact) mass is 1060 g/mol. The quantitative estimate of drug-likeness (QED) is 0.0263. The zero-order valence-corrected chi connectivity index (χ0v) is 48.7. The molecule has 0 aliphatic rings. The first-order valence-corrected chi connectivity index (χ1v) is 22.6. The van der Waals surface area contributed by atoms with Gasteiger partial charge in [-0.1, -0.05) is 0 Å². The minimum absolute atomic E-state index is 0. The molecule has 0 saturated carbocycles. The predicted molar refractivity (Wildman–Crippen MR) is 229 cm³/mol. The van der Waals surface area contributed by atoms with Gasteiger partial charge in [-0.15, -0.1) is 10.2 Å². The van der Waals surface area contributed by atoms with E-state index < -0.39 is 35.7 Å². The Morgan fingerprint density at radius 3 is 1.56 bits per heavy atom. The first-order valence-electron chi connectivity index (χ1n) is 18.3. The van der Waals surface area contributed by atoms with Crippen LogP contribution in [0.2, 0.25) is 0 Å². The van der Waals surface area contributed by atoms with E-state index in [-0.39, 0.29) is 174 Å². The predicted octanol–water partition coefficient (Wildman–Crippen LogP) is -2.03. The molecule has 0 aliphatic carbocycles. The van der Waals surface area contributed by atoms with E-state index in [0.717, 1.165) is 24.3 Å². The number of fused-ring (bicyclic) bond motifs is 2. The fraction of sp³-hybridized carbons (Fsp3) is 0.0500. The van der Waals surface area contributed by atoms with Crippen LogP contribution in [0.25, 0.3) is 21.5 Å². The van der Waals surface area contributed by atoms with Gasteiger partial charge in [-0.3, -0.25) is 10.1 Å². The topological polar surface area (TPSA) is 337 Å². The van der Waals surface area contributed by atoms with Crippen molar-refractivity contribution in [3.63, 3.8) is 0 Å². The molecule has 0 radical (unpaired) electrons. The van der Waals surface area contributed by atoms with Gasteiger partial charge < -0.3 is 29.8 Å². The average molecular weight is 1060 g/mol. The Morgan fingerprint density at radius 2 is 0.971 bits per heavy atom. The third-order valence-corrected chi connectivity index (χ3v) is 12.1. The summed E-state index contributed by atoms with van der Waals surface area (Å²) in [6, 6.07) is 25.9. The molecule has 2 N–H and O–H groups in total. The molecule has 0 aromatic heterocycles. The third-order valence-electron chi connectivity index (χ3n) is 9.15. The number of aryl methyl sites for hydroxylation is 2. The Labute approximate surface area is 494 Å². The van der Waals surface area contributed by atoms with Crippen LogP contribution < -0.4 is 129 Å². The number of phenolic OH excluding ortho intramolecular Hbond substituents is 2. The van der Waals surface area contributed by atoms with Crippen LogP contribution in [0.15, 0.2) is 170 Å². The van der Waals surface area contributed by atoms with Crippen LogP contribution in [-0.2, 0) is 39.0 Å². The molecule has 7 aromatic carbocycles. The number of hydrogen-bond donors (Lipinski definition) is 2. The number of rotatable bonds is 16. The Kier molecular flexibility index (Phi) is 24.3. The first kappa shape index (κ1) is 61.6. The van der Waals surface area contributed by atoms with E-state index in [4.69, 9.17) is 0 Å². The standard InChI is InChI=1S/C40H30N8O14S4.4Na/c1-21-14-27(44-48-39-36(64-62-60-52)17-23-15-28(5-10-31(23)40(39)50)42-41-25-3-8-29(49)9-4-25)7-11-33(21)45-43-26-6-12-34(22(2)13-26)46-47-35-20-32-24(18-38(35)66(56,57)58)16-30(63-61-59-51)19-37(32)65(53,54)55;;;;/h3-20,49-52H,1-2H3,(H,53,54,55)(H,56,57,58);;;;/q;4*+1/p-4. The summed E-state index contributed by atoms with van der Waals surface area (Å²) in [7, 11) is -10.4. The fourth-order valence-electron chi connectivity index (χ4n) is 6.11. The summed E-state index contributed by atoms with van der Waals surface area (Å²) >= 11 is 0.751. The van der Waals surface area contributed by atoms with Gasteiger partial charge in [-0.25, -0.2) is 16.8 Å². The van der Waals surface area contributed by atoms with E-state index in [1.165, 1.54) is 24.3 Å². The van der Waals surface area contributed by atoms with Crippen molar-refractivity contribution in [2.45, 2.75) is 33.4 Å². The fourth-order valence-corrected chi connectivity index (χ4v) is 8.47. The van der Waals surface area contributed by atoms with Gasteiger partial charge in [0, 0.05) is 15.7 Å². The smallest absolute Gasteiger partial charge is 0.744 e. The summed E-state index contributed by atoms with van der Waals surface area (Å²) in [5.41, 5.74) is 2.90. The Balaban J connectivity index is 0.00000324. The van der Waals surface area contributed by atoms with E-state index in [1.807, 2.05) is 0 Å². The molecule has 70 heavy (non-hydrogen) atoms. The summed E-state index contributed by atoms with van der Waals surface area (Å²) in [5, 5.41) is 82.4. The van der Waals surface area contributed by atoms with Crippen molar-refractivity contribution in [3.05, 3.63) is 120 Å². The maximum absolute atomic E-state index is 12.2. The van der Waals surface area contributed by atoms with Gasteiger partial charge in [0.25, 0.3) is 0 Å². The van der Waals surface area contributed by atoms with Crippen molar-refractivity contribution in [1.82, 2.24) is 0 Å². The van der Waals surface area contributed by atoms with Crippen LogP contribution in [0.1, 0.15) is 11.1 Å². The molecule has 0 aliphatic heterocycles. The molecule has 0 bridgehead atoms. The summed E-state index contributed by atoms with van der Waals surface area (Å²) in [4.78, 5) is -1.63. The number of hydrogen-bond acceptors (Lipinski definition) is 24. The number of nitrogens with zero attached hydrogens (tertiary/aromatic N) is 8. The second-order valence-corrected chi connectivity index (χ2v) is 17.8. The van der Waals surface area contributed by atoms with Gasteiger partial charge in [0.15, 0.2) is 5.75 Å². The Hall–Kier alpha value is -2.66. The Morgan fingerprint density at radius 1 is 0.486 bits per heavy atom. The number of phenols is 2. The van der Waals surface area contributed by atoms with E-state index in [1.54, 1.807) is 74.5 Å². The molecule has 0 atom stereocenters. The van der Waals surface area contributed by atoms with Crippen LogP contribution in [0.3, 0.4) is 0 Å². The summed E-state index contributed by atoms with van der Waals surface area (Å²) in [6.07, 6.45) is 0. The van der Waals surface area contributed by atoms with Gasteiger partial charge in [-0.2, -0.15) is 39.4 Å².